The number of aliphatic carboxylic acids is 1. The van der Waals surface area contributed by atoms with E-state index in [1.54, 1.807) is 23.1 Å². The van der Waals surface area contributed by atoms with Crippen LogP contribution in [0.1, 0.15) is 25.3 Å². The monoisotopic (exact) mass is 540 g/mol. The second kappa shape index (κ2) is 12.8. The fraction of sp³-hybridized carbons (Fsp3) is 0.400. The zero-order valence-corrected chi connectivity index (χ0v) is 21.0. The number of hydrogen-bond donors (Lipinski definition) is 2. The summed E-state index contributed by atoms with van der Waals surface area (Å²) in [6.07, 6.45) is -2.77. The van der Waals surface area contributed by atoms with Gasteiger partial charge in [0.15, 0.2) is 0 Å². The normalized spacial score (nSPS) is 14.2. The largest absolute Gasteiger partial charge is 0.481 e. The van der Waals surface area contributed by atoms with E-state index in [1.165, 1.54) is 18.2 Å². The summed E-state index contributed by atoms with van der Waals surface area (Å²) >= 11 is 5.85. The van der Waals surface area contributed by atoms with E-state index < -0.39 is 17.7 Å². The van der Waals surface area contributed by atoms with E-state index in [0.29, 0.717) is 44.3 Å². The van der Waals surface area contributed by atoms with Crippen LogP contribution in [0.25, 0.3) is 11.0 Å². The minimum absolute atomic E-state index is 0.146. The van der Waals surface area contributed by atoms with Crippen molar-refractivity contribution in [2.24, 2.45) is 0 Å². The van der Waals surface area contributed by atoms with Crippen molar-refractivity contribution in [1.29, 1.82) is 0 Å². The molecule has 3 aromatic rings. The SMILES string of the molecule is CC(=O)O.O=c1ccc2ccc(OCCCCN3CCN(c4cccc(Cl)c4C(F)(F)F)CC3)nc2[nH]1. The molecular formula is C25H28ClF3N4O4. The van der Waals surface area contributed by atoms with E-state index in [2.05, 4.69) is 14.9 Å². The number of rotatable bonds is 7. The van der Waals surface area contributed by atoms with Crippen molar-refractivity contribution in [3.8, 4) is 5.88 Å². The van der Waals surface area contributed by atoms with E-state index in [1.807, 2.05) is 6.07 Å². The van der Waals surface area contributed by atoms with Gasteiger partial charge < -0.3 is 19.7 Å². The maximum atomic E-state index is 13.4. The minimum atomic E-state index is -4.49. The molecule has 0 unspecified atom stereocenters. The lowest BCUT2D eigenvalue weighted by atomic mass is 10.1. The lowest BCUT2D eigenvalue weighted by Gasteiger charge is -2.37. The summed E-state index contributed by atoms with van der Waals surface area (Å²) < 4.78 is 46.0. The minimum Gasteiger partial charge on any atom is -0.481 e. The van der Waals surface area contributed by atoms with Crippen LogP contribution >= 0.6 is 11.6 Å². The molecule has 0 radical (unpaired) electrons. The average Bonchev–Trinajstić information content (AvgIpc) is 2.82. The molecule has 0 amide bonds. The van der Waals surface area contributed by atoms with Crippen molar-refractivity contribution in [2.45, 2.75) is 25.9 Å². The van der Waals surface area contributed by atoms with Gasteiger partial charge in [0.25, 0.3) is 5.97 Å². The highest BCUT2D eigenvalue weighted by Gasteiger charge is 2.37. The van der Waals surface area contributed by atoms with Crippen LogP contribution in [0.15, 0.2) is 47.3 Å². The van der Waals surface area contributed by atoms with Crippen molar-refractivity contribution in [3.05, 3.63) is 63.4 Å². The third-order valence-corrected chi connectivity index (χ3v) is 5.98. The number of aromatic nitrogens is 2. The summed E-state index contributed by atoms with van der Waals surface area (Å²) in [7, 11) is 0. The number of unbranched alkanes of at least 4 members (excludes halogenated alkanes) is 1. The Kier molecular flexibility index (Phi) is 9.76. The molecule has 1 aliphatic heterocycles. The number of H-pyrrole nitrogens is 1. The molecule has 1 saturated heterocycles. The van der Waals surface area contributed by atoms with Gasteiger partial charge in [-0.05, 0) is 43.7 Å². The number of nitrogens with zero attached hydrogens (tertiary/aromatic N) is 3. The second-order valence-corrected chi connectivity index (χ2v) is 8.85. The Morgan fingerprint density at radius 3 is 2.46 bits per heavy atom. The number of pyridine rings is 2. The van der Waals surface area contributed by atoms with Crippen LogP contribution in [0, 0.1) is 0 Å². The van der Waals surface area contributed by atoms with Crippen molar-refractivity contribution >= 4 is 34.3 Å². The van der Waals surface area contributed by atoms with Crippen LogP contribution in [0.2, 0.25) is 5.02 Å². The highest BCUT2D eigenvalue weighted by Crippen LogP contribution is 2.41. The van der Waals surface area contributed by atoms with Crippen LogP contribution in [0.5, 0.6) is 5.88 Å². The molecule has 1 fully saturated rings. The van der Waals surface area contributed by atoms with Gasteiger partial charge in [-0.2, -0.15) is 18.2 Å². The van der Waals surface area contributed by atoms with E-state index >= 15 is 0 Å². The molecule has 1 aromatic carbocycles. The van der Waals surface area contributed by atoms with E-state index in [0.717, 1.165) is 31.7 Å². The molecule has 3 heterocycles. The number of fused-ring (bicyclic) bond motifs is 1. The van der Waals surface area contributed by atoms with E-state index in [4.69, 9.17) is 26.2 Å². The molecule has 1 aliphatic rings. The number of anilines is 1. The molecule has 37 heavy (non-hydrogen) atoms. The Morgan fingerprint density at radius 1 is 1.11 bits per heavy atom. The van der Waals surface area contributed by atoms with E-state index in [-0.39, 0.29) is 16.3 Å². The third-order valence-electron chi connectivity index (χ3n) is 5.66. The molecule has 0 saturated carbocycles. The summed E-state index contributed by atoms with van der Waals surface area (Å²) in [6, 6.07) is 11.1. The highest BCUT2D eigenvalue weighted by atomic mass is 35.5. The van der Waals surface area contributed by atoms with Gasteiger partial charge in [-0.1, -0.05) is 17.7 Å². The number of carboxylic acids is 1. The predicted octanol–water partition coefficient (Wildman–Crippen LogP) is 4.67. The van der Waals surface area contributed by atoms with E-state index in [9.17, 15) is 18.0 Å². The second-order valence-electron chi connectivity index (χ2n) is 8.44. The van der Waals surface area contributed by atoms with Gasteiger partial charge in [-0.3, -0.25) is 14.5 Å². The van der Waals surface area contributed by atoms with Crippen LogP contribution < -0.4 is 15.2 Å². The number of ether oxygens (including phenoxy) is 1. The lowest BCUT2D eigenvalue weighted by molar-refractivity contribution is -0.137. The average molecular weight is 541 g/mol. The summed E-state index contributed by atoms with van der Waals surface area (Å²) in [5.74, 6) is -0.375. The highest BCUT2D eigenvalue weighted by molar-refractivity contribution is 6.31. The molecule has 2 N–H and O–H groups in total. The van der Waals surface area contributed by atoms with Gasteiger partial charge in [0.2, 0.25) is 11.4 Å². The number of carbonyl (C=O) groups is 1. The van der Waals surface area contributed by atoms with Gasteiger partial charge in [-0.15, -0.1) is 0 Å². The Morgan fingerprint density at radius 2 is 1.78 bits per heavy atom. The predicted molar refractivity (Wildman–Crippen MR) is 136 cm³/mol. The van der Waals surface area contributed by atoms with Crippen LogP contribution in [0.4, 0.5) is 18.9 Å². The zero-order valence-electron chi connectivity index (χ0n) is 20.2. The fourth-order valence-corrected chi connectivity index (χ4v) is 4.25. The first kappa shape index (κ1) is 28.3. The molecule has 8 nitrogen and oxygen atoms in total. The van der Waals surface area contributed by atoms with Gasteiger partial charge in [-0.25, -0.2) is 0 Å². The quantitative estimate of drug-likeness (QED) is 0.420. The maximum absolute atomic E-state index is 13.4. The third kappa shape index (κ3) is 8.36. The summed E-state index contributed by atoms with van der Waals surface area (Å²) in [5, 5.41) is 7.98. The summed E-state index contributed by atoms with van der Waals surface area (Å²) in [5.41, 5.74) is -0.334. The topological polar surface area (TPSA) is 98.8 Å². The van der Waals surface area contributed by atoms with Crippen molar-refractivity contribution in [1.82, 2.24) is 14.9 Å². The van der Waals surface area contributed by atoms with Gasteiger partial charge in [0, 0.05) is 50.6 Å². The van der Waals surface area contributed by atoms with Gasteiger partial charge >= 0.3 is 6.18 Å². The summed E-state index contributed by atoms with van der Waals surface area (Å²) in [4.78, 5) is 31.4. The zero-order chi connectivity index (χ0) is 27.0. The molecule has 0 spiro atoms. The number of halogens is 4. The smallest absolute Gasteiger partial charge is 0.419 e. The Hall–Kier alpha value is -3.31. The molecule has 0 atom stereocenters. The van der Waals surface area contributed by atoms with Crippen molar-refractivity contribution in [2.75, 3.05) is 44.2 Å². The number of aromatic amines is 1. The van der Waals surface area contributed by atoms with Crippen LogP contribution in [0.3, 0.4) is 0 Å². The number of alkyl halides is 3. The molecule has 0 aliphatic carbocycles. The number of piperazine rings is 1. The van der Waals surface area contributed by atoms with Gasteiger partial charge in [0.05, 0.1) is 22.9 Å². The maximum Gasteiger partial charge on any atom is 0.419 e. The number of hydrogen-bond acceptors (Lipinski definition) is 6. The first-order chi connectivity index (χ1) is 17.5. The lowest BCUT2D eigenvalue weighted by Crippen LogP contribution is -2.47. The molecule has 4 rings (SSSR count). The standard InChI is InChI=1S/C23H24ClF3N4O2.C2H4O2/c24-17-4-3-5-18(21(17)23(25,26)27)31-13-11-30(12-14-31)10-1-2-15-33-20-9-7-16-6-8-19(32)28-22(16)29-20;1-2(3)4/h3-9H,1-2,10-15H2,(H,28,29,32);1H3,(H,3,4). The van der Waals surface area contributed by atoms with Crippen molar-refractivity contribution < 1.29 is 27.8 Å². The molecule has 12 heteroatoms. The van der Waals surface area contributed by atoms with Gasteiger partial charge in [0.1, 0.15) is 5.65 Å². The first-order valence-electron chi connectivity index (χ1n) is 11.7. The molecular weight excluding hydrogens is 513 g/mol. The Bertz CT molecular complexity index is 1260. The Labute approximate surface area is 216 Å². The number of benzene rings is 1. The molecule has 200 valence electrons. The van der Waals surface area contributed by atoms with Crippen LogP contribution in [-0.4, -0.2) is 65.3 Å². The Balaban J connectivity index is 0.000000886. The summed E-state index contributed by atoms with van der Waals surface area (Å²) in [6.45, 7) is 4.82. The van der Waals surface area contributed by atoms with Crippen LogP contribution in [-0.2, 0) is 11.0 Å². The molecule has 2 aromatic heterocycles. The number of nitrogens with one attached hydrogen (secondary N) is 1. The molecule has 0 bridgehead atoms. The first-order valence-corrected chi connectivity index (χ1v) is 12.1. The van der Waals surface area contributed by atoms with Crippen molar-refractivity contribution in [3.63, 3.8) is 0 Å². The number of carboxylic acid groups (broad SMARTS) is 1. The fourth-order valence-electron chi connectivity index (χ4n) is 3.97.